The van der Waals surface area contributed by atoms with E-state index in [1.807, 2.05) is 0 Å². The highest BCUT2D eigenvalue weighted by molar-refractivity contribution is 9.09. The zero-order chi connectivity index (χ0) is 15.9. The number of carboxylic acid groups (broad SMARTS) is 1. The van der Waals surface area contributed by atoms with E-state index in [-0.39, 0.29) is 5.91 Å². The van der Waals surface area contributed by atoms with Gasteiger partial charge in [0, 0.05) is 11.8 Å². The number of carbonyl (C=O) groups excluding carboxylic acids is 1. The molecule has 0 saturated carbocycles. The lowest BCUT2D eigenvalue weighted by Crippen LogP contribution is -2.40. The van der Waals surface area contributed by atoms with Gasteiger partial charge in [-0.3, -0.25) is 4.79 Å². The highest BCUT2D eigenvalue weighted by Crippen LogP contribution is 2.08. The minimum Gasteiger partial charge on any atom is -0.480 e. The number of aliphatic carboxylic acids is 1. The SMILES string of the molecule is NCCCC[C@H](NC(=O)CCCCCCCCBr)C(=O)O. The smallest absolute Gasteiger partial charge is 0.326 e. The number of rotatable bonds is 14. The molecule has 0 aliphatic rings. The third-order valence-corrected chi connectivity index (χ3v) is 3.93. The number of carboxylic acids is 1. The minimum absolute atomic E-state index is 0.157. The Hall–Kier alpha value is -0.620. The molecule has 6 heteroatoms. The molecule has 4 N–H and O–H groups in total. The number of alkyl halides is 1. The van der Waals surface area contributed by atoms with E-state index in [4.69, 9.17) is 10.8 Å². The summed E-state index contributed by atoms with van der Waals surface area (Å²) in [5, 5.41) is 12.7. The van der Waals surface area contributed by atoms with Crippen molar-refractivity contribution >= 4 is 27.8 Å². The van der Waals surface area contributed by atoms with Crippen LogP contribution in [0, 0.1) is 0 Å². The largest absolute Gasteiger partial charge is 0.480 e. The number of halogens is 1. The minimum atomic E-state index is -0.963. The molecule has 0 aromatic rings. The predicted octanol–water partition coefficient (Wildman–Crippen LogP) is 2.81. The van der Waals surface area contributed by atoms with Crippen LogP contribution in [-0.4, -0.2) is 34.9 Å². The van der Waals surface area contributed by atoms with Crippen LogP contribution in [0.4, 0.5) is 0 Å². The van der Waals surface area contributed by atoms with Crippen molar-refractivity contribution in [3.63, 3.8) is 0 Å². The van der Waals surface area contributed by atoms with Gasteiger partial charge in [0.25, 0.3) is 0 Å². The Morgan fingerprint density at radius 2 is 1.62 bits per heavy atom. The molecule has 1 atom stereocenters. The first-order chi connectivity index (χ1) is 10.1. The summed E-state index contributed by atoms with van der Waals surface area (Å²) < 4.78 is 0. The van der Waals surface area contributed by atoms with E-state index < -0.39 is 12.0 Å². The molecule has 0 aromatic carbocycles. The number of carbonyl (C=O) groups is 2. The van der Waals surface area contributed by atoms with E-state index in [0.717, 1.165) is 37.4 Å². The summed E-state index contributed by atoms with van der Waals surface area (Å²) in [6, 6.07) is -0.775. The van der Waals surface area contributed by atoms with Crippen molar-refractivity contribution < 1.29 is 14.7 Å². The monoisotopic (exact) mass is 364 g/mol. The van der Waals surface area contributed by atoms with Gasteiger partial charge in [-0.05, 0) is 38.6 Å². The molecule has 0 aliphatic heterocycles. The first-order valence-electron chi connectivity index (χ1n) is 7.90. The number of nitrogens with one attached hydrogen (secondary N) is 1. The van der Waals surface area contributed by atoms with E-state index in [1.165, 1.54) is 19.3 Å². The molecule has 0 aromatic heterocycles. The van der Waals surface area contributed by atoms with Crippen LogP contribution >= 0.6 is 15.9 Å². The Morgan fingerprint density at radius 1 is 1.00 bits per heavy atom. The topological polar surface area (TPSA) is 92.4 Å². The van der Waals surface area contributed by atoms with Crippen LogP contribution in [-0.2, 0) is 9.59 Å². The van der Waals surface area contributed by atoms with Gasteiger partial charge in [0.1, 0.15) is 6.04 Å². The molecule has 0 fully saturated rings. The van der Waals surface area contributed by atoms with Crippen LogP contribution in [0.25, 0.3) is 0 Å². The van der Waals surface area contributed by atoms with Crippen molar-refractivity contribution in [1.29, 1.82) is 0 Å². The summed E-state index contributed by atoms with van der Waals surface area (Å²) in [6.07, 6.45) is 8.99. The fraction of sp³-hybridized carbons (Fsp3) is 0.867. The van der Waals surface area contributed by atoms with Crippen LogP contribution in [0.5, 0.6) is 0 Å². The van der Waals surface area contributed by atoms with Crippen LogP contribution in [0.1, 0.15) is 64.2 Å². The number of hydrogen-bond donors (Lipinski definition) is 3. The molecule has 1 amide bonds. The zero-order valence-electron chi connectivity index (χ0n) is 12.8. The first-order valence-corrected chi connectivity index (χ1v) is 9.02. The third kappa shape index (κ3) is 12.8. The molecule has 0 spiro atoms. The van der Waals surface area contributed by atoms with Gasteiger partial charge in [0.2, 0.25) is 5.91 Å². The molecule has 0 saturated heterocycles. The van der Waals surface area contributed by atoms with Crippen LogP contribution in [0.15, 0.2) is 0 Å². The second-order valence-electron chi connectivity index (χ2n) is 5.30. The Kier molecular flexibility index (Phi) is 13.9. The van der Waals surface area contributed by atoms with Gasteiger partial charge in [-0.1, -0.05) is 41.6 Å². The zero-order valence-corrected chi connectivity index (χ0v) is 14.4. The molecular weight excluding hydrogens is 336 g/mol. The highest BCUT2D eigenvalue weighted by atomic mass is 79.9. The quantitative estimate of drug-likeness (QED) is 0.326. The normalized spacial score (nSPS) is 12.1. The number of unbranched alkanes of at least 4 members (excludes halogenated alkanes) is 6. The lowest BCUT2D eigenvalue weighted by Gasteiger charge is -2.14. The molecule has 0 heterocycles. The molecule has 0 bridgehead atoms. The third-order valence-electron chi connectivity index (χ3n) is 3.37. The number of amides is 1. The molecule has 124 valence electrons. The predicted molar refractivity (Wildman–Crippen MR) is 88.6 cm³/mol. The summed E-state index contributed by atoms with van der Waals surface area (Å²) in [7, 11) is 0. The van der Waals surface area contributed by atoms with Gasteiger partial charge in [-0.15, -0.1) is 0 Å². The molecule has 0 rings (SSSR count). The van der Waals surface area contributed by atoms with Gasteiger partial charge in [-0.2, -0.15) is 0 Å². The van der Waals surface area contributed by atoms with E-state index >= 15 is 0 Å². The van der Waals surface area contributed by atoms with E-state index in [1.54, 1.807) is 0 Å². The standard InChI is InChI=1S/C15H29BrN2O3/c16-11-7-4-2-1-3-5-10-14(19)18-13(15(20)21)9-6-8-12-17/h13H,1-12,17H2,(H,18,19)(H,20,21)/t13-/m0/s1. The summed E-state index contributed by atoms with van der Waals surface area (Å²) >= 11 is 3.40. The van der Waals surface area contributed by atoms with Crippen LogP contribution < -0.4 is 11.1 Å². The maximum absolute atomic E-state index is 11.7. The van der Waals surface area contributed by atoms with Gasteiger partial charge in [0.15, 0.2) is 0 Å². The van der Waals surface area contributed by atoms with Crippen molar-refractivity contribution in [3.8, 4) is 0 Å². The Morgan fingerprint density at radius 3 is 2.19 bits per heavy atom. The Bertz CT molecular complexity index is 288. The second-order valence-corrected chi connectivity index (χ2v) is 6.10. The summed E-state index contributed by atoms with van der Waals surface area (Å²) in [6.45, 7) is 0.551. The molecule has 0 unspecified atom stereocenters. The van der Waals surface area contributed by atoms with E-state index in [9.17, 15) is 9.59 Å². The van der Waals surface area contributed by atoms with Crippen molar-refractivity contribution in [1.82, 2.24) is 5.32 Å². The highest BCUT2D eigenvalue weighted by Gasteiger charge is 2.18. The van der Waals surface area contributed by atoms with Gasteiger partial charge in [0.05, 0.1) is 0 Å². The Labute approximate surface area is 136 Å². The second kappa shape index (κ2) is 14.3. The number of hydrogen-bond acceptors (Lipinski definition) is 3. The summed E-state index contributed by atoms with van der Waals surface area (Å²) in [5.41, 5.74) is 5.38. The number of nitrogens with two attached hydrogens (primary N) is 1. The Balaban J connectivity index is 3.70. The van der Waals surface area contributed by atoms with Crippen molar-refractivity contribution in [3.05, 3.63) is 0 Å². The average molecular weight is 365 g/mol. The summed E-state index contributed by atoms with van der Waals surface area (Å²) in [5.74, 6) is -1.12. The van der Waals surface area contributed by atoms with E-state index in [0.29, 0.717) is 19.4 Å². The van der Waals surface area contributed by atoms with Crippen molar-refractivity contribution in [2.45, 2.75) is 70.3 Å². The maximum Gasteiger partial charge on any atom is 0.326 e. The van der Waals surface area contributed by atoms with E-state index in [2.05, 4.69) is 21.2 Å². The van der Waals surface area contributed by atoms with Gasteiger partial charge < -0.3 is 16.2 Å². The molecule has 5 nitrogen and oxygen atoms in total. The van der Waals surface area contributed by atoms with Crippen LogP contribution in [0.3, 0.4) is 0 Å². The van der Waals surface area contributed by atoms with Crippen molar-refractivity contribution in [2.75, 3.05) is 11.9 Å². The average Bonchev–Trinajstić information content (AvgIpc) is 2.45. The lowest BCUT2D eigenvalue weighted by molar-refractivity contribution is -0.142. The molecule has 0 aliphatic carbocycles. The van der Waals surface area contributed by atoms with Crippen molar-refractivity contribution in [2.24, 2.45) is 5.73 Å². The molecule has 21 heavy (non-hydrogen) atoms. The fourth-order valence-electron chi connectivity index (χ4n) is 2.10. The fourth-order valence-corrected chi connectivity index (χ4v) is 2.50. The van der Waals surface area contributed by atoms with Crippen LogP contribution in [0.2, 0.25) is 0 Å². The molecule has 0 radical (unpaired) electrons. The summed E-state index contributed by atoms with van der Waals surface area (Å²) in [4.78, 5) is 22.8. The van der Waals surface area contributed by atoms with Gasteiger partial charge in [-0.25, -0.2) is 4.79 Å². The first kappa shape index (κ1) is 20.4. The van der Waals surface area contributed by atoms with Gasteiger partial charge >= 0.3 is 5.97 Å². The maximum atomic E-state index is 11.7. The molecular formula is C15H29BrN2O3. The lowest BCUT2D eigenvalue weighted by atomic mass is 10.1.